The lowest BCUT2D eigenvalue weighted by atomic mass is 10.0. The van der Waals surface area contributed by atoms with Gasteiger partial charge in [0.15, 0.2) is 5.82 Å². The average Bonchev–Trinajstić information content (AvgIpc) is 3.56. The Morgan fingerprint density at radius 3 is 2.57 bits per heavy atom. The number of ether oxygens (including phenoxy) is 2. The summed E-state index contributed by atoms with van der Waals surface area (Å²) in [7, 11) is 3.71. The number of aromatic amines is 1. The van der Waals surface area contributed by atoms with Gasteiger partial charge in [-0.2, -0.15) is 5.10 Å². The monoisotopic (exact) mass is 491 g/mol. The molecule has 194 valence electrons. The molecular formula is C25H38FN5O4. The Bertz CT molecular complexity index is 951. The van der Waals surface area contributed by atoms with Gasteiger partial charge in [-0.3, -0.25) is 14.8 Å². The quantitative estimate of drug-likeness (QED) is 0.580. The van der Waals surface area contributed by atoms with E-state index in [0.29, 0.717) is 24.3 Å². The van der Waals surface area contributed by atoms with Crippen LogP contribution in [0.2, 0.25) is 0 Å². The molecule has 4 rings (SSSR count). The van der Waals surface area contributed by atoms with E-state index < -0.39 is 17.7 Å². The summed E-state index contributed by atoms with van der Waals surface area (Å²) in [5.41, 5.74) is 1.36. The van der Waals surface area contributed by atoms with Crippen molar-refractivity contribution >= 4 is 18.3 Å². The number of anilines is 1. The summed E-state index contributed by atoms with van der Waals surface area (Å²) < 4.78 is 24.4. The predicted octanol–water partition coefficient (Wildman–Crippen LogP) is 4.43. The number of H-pyrrole nitrogens is 1. The third-order valence-electron chi connectivity index (χ3n) is 5.71. The van der Waals surface area contributed by atoms with Crippen molar-refractivity contribution in [2.75, 3.05) is 39.2 Å². The first-order valence-electron chi connectivity index (χ1n) is 12.0. The third kappa shape index (κ3) is 7.25. The van der Waals surface area contributed by atoms with Gasteiger partial charge in [0.1, 0.15) is 11.9 Å². The van der Waals surface area contributed by atoms with E-state index in [4.69, 9.17) is 9.47 Å². The Hall–Kier alpha value is -2.98. The largest absolute Gasteiger partial charge is 0.440 e. The number of fused-ring (bicyclic) bond motifs is 1. The molecule has 2 aromatic rings. The molecule has 0 saturated carbocycles. The van der Waals surface area contributed by atoms with Gasteiger partial charge in [-0.05, 0) is 58.5 Å². The summed E-state index contributed by atoms with van der Waals surface area (Å²) in [6.07, 6.45) is 1.95. The number of amides is 2. The molecule has 10 heteroatoms. The number of nitrogens with one attached hydrogen (secondary N) is 2. The molecule has 1 unspecified atom stereocenters. The van der Waals surface area contributed by atoms with Crippen LogP contribution in [-0.2, 0) is 26.4 Å². The van der Waals surface area contributed by atoms with Crippen LogP contribution in [0.1, 0.15) is 63.5 Å². The molecule has 0 bridgehead atoms. The van der Waals surface area contributed by atoms with Gasteiger partial charge < -0.3 is 19.7 Å². The Kier molecular flexibility index (Phi) is 10.7. The lowest BCUT2D eigenvalue weighted by molar-refractivity contribution is -0.105. The normalized spacial score (nSPS) is 16.4. The van der Waals surface area contributed by atoms with E-state index in [2.05, 4.69) is 15.5 Å². The maximum absolute atomic E-state index is 13.7. The smallest absolute Gasteiger partial charge is 0.411 e. The molecule has 35 heavy (non-hydrogen) atoms. The summed E-state index contributed by atoms with van der Waals surface area (Å²) in [4.78, 5) is 27.2. The number of aromatic nitrogens is 2. The fourth-order valence-corrected chi connectivity index (χ4v) is 3.93. The zero-order valence-electron chi connectivity index (χ0n) is 21.6. The highest BCUT2D eigenvalue weighted by molar-refractivity contribution is 5.75. The van der Waals surface area contributed by atoms with Crippen LogP contribution in [0.5, 0.6) is 0 Å². The minimum atomic E-state index is -0.702. The molecule has 1 aromatic heterocycles. The average molecular weight is 492 g/mol. The van der Waals surface area contributed by atoms with Crippen LogP contribution in [-0.4, -0.2) is 66.4 Å². The summed E-state index contributed by atoms with van der Waals surface area (Å²) in [5, 5.41) is 9.51. The van der Waals surface area contributed by atoms with Crippen molar-refractivity contribution in [1.82, 2.24) is 20.0 Å². The number of halogens is 1. The van der Waals surface area contributed by atoms with Gasteiger partial charge in [0.25, 0.3) is 0 Å². The molecule has 1 saturated heterocycles. The first kappa shape index (κ1) is 28.3. The minimum Gasteiger partial charge on any atom is -0.440 e. The molecule has 3 heterocycles. The summed E-state index contributed by atoms with van der Waals surface area (Å²) in [6.45, 7) is 10.4. The number of likely N-dealkylation sites (N-methyl/N-ethyl adjacent to an activating group) is 1. The second-order valence-electron chi connectivity index (χ2n) is 8.84. The van der Waals surface area contributed by atoms with E-state index in [1.807, 2.05) is 46.7 Å². The SMILES string of the molecule is C1CCOC1.CC.CN(C)CC(OC(=O)N1Cc2c(NC=O)n[nH]c2C1(C)C)c1cccc(F)c1. The van der Waals surface area contributed by atoms with Crippen LogP contribution in [0.25, 0.3) is 0 Å². The van der Waals surface area contributed by atoms with Gasteiger partial charge >= 0.3 is 6.09 Å². The molecule has 1 atom stereocenters. The van der Waals surface area contributed by atoms with E-state index in [1.165, 1.54) is 25.0 Å². The fraction of sp³-hybridized carbons (Fsp3) is 0.560. The number of carbonyl (C=O) groups excluding carboxylic acids is 2. The lowest BCUT2D eigenvalue weighted by Gasteiger charge is -2.33. The zero-order valence-corrected chi connectivity index (χ0v) is 21.6. The lowest BCUT2D eigenvalue weighted by Crippen LogP contribution is -2.42. The van der Waals surface area contributed by atoms with Crippen molar-refractivity contribution < 1.29 is 23.5 Å². The second-order valence-corrected chi connectivity index (χ2v) is 8.84. The highest BCUT2D eigenvalue weighted by Crippen LogP contribution is 2.41. The molecule has 1 fully saturated rings. The number of hydrogen-bond acceptors (Lipinski definition) is 6. The third-order valence-corrected chi connectivity index (χ3v) is 5.71. The maximum Gasteiger partial charge on any atom is 0.411 e. The molecular weight excluding hydrogens is 453 g/mol. The minimum absolute atomic E-state index is 0.242. The van der Waals surface area contributed by atoms with Crippen LogP contribution >= 0.6 is 0 Å². The predicted molar refractivity (Wildman–Crippen MR) is 132 cm³/mol. The second kappa shape index (κ2) is 13.2. The van der Waals surface area contributed by atoms with E-state index in [9.17, 15) is 14.0 Å². The van der Waals surface area contributed by atoms with Gasteiger partial charge in [0.2, 0.25) is 6.41 Å². The number of carbonyl (C=O) groups is 2. The van der Waals surface area contributed by atoms with Crippen LogP contribution < -0.4 is 5.32 Å². The maximum atomic E-state index is 13.7. The van der Waals surface area contributed by atoms with E-state index in [-0.39, 0.29) is 12.4 Å². The molecule has 2 amide bonds. The van der Waals surface area contributed by atoms with Crippen LogP contribution in [0.15, 0.2) is 24.3 Å². The van der Waals surface area contributed by atoms with Crippen molar-refractivity contribution in [3.63, 3.8) is 0 Å². The van der Waals surface area contributed by atoms with E-state index >= 15 is 0 Å². The molecule has 2 aliphatic rings. The first-order chi connectivity index (χ1) is 16.7. The van der Waals surface area contributed by atoms with Gasteiger partial charge in [-0.15, -0.1) is 0 Å². The molecule has 0 radical (unpaired) electrons. The highest BCUT2D eigenvalue weighted by atomic mass is 19.1. The van der Waals surface area contributed by atoms with Crippen molar-refractivity contribution in [2.24, 2.45) is 0 Å². The highest BCUT2D eigenvalue weighted by Gasteiger charge is 2.45. The van der Waals surface area contributed by atoms with Crippen molar-refractivity contribution in [3.8, 4) is 0 Å². The molecule has 0 spiro atoms. The molecule has 2 N–H and O–H groups in total. The Labute approximate surface area is 207 Å². The van der Waals surface area contributed by atoms with Crippen LogP contribution in [0.3, 0.4) is 0 Å². The van der Waals surface area contributed by atoms with Gasteiger partial charge in [-0.1, -0.05) is 26.0 Å². The number of nitrogens with zero attached hydrogens (tertiary/aromatic N) is 3. The van der Waals surface area contributed by atoms with Gasteiger partial charge in [0, 0.05) is 25.3 Å². The standard InChI is InChI=1S/C19H24FN5O3.C4H8O.C2H6/c1-19(2)16-14(17(21-11-26)23-22-16)9-25(19)18(27)28-15(10-24(3)4)12-6-5-7-13(20)8-12;1-2-4-5-3-1;1-2/h5-8,11,15H,9-10H2,1-4H3,(H2,21,22,23,26);1-4H2;1-2H3. The van der Waals surface area contributed by atoms with Gasteiger partial charge in [-0.25, -0.2) is 9.18 Å². The Balaban J connectivity index is 0.000000538. The summed E-state index contributed by atoms with van der Waals surface area (Å²) in [5.74, 6) is 0.00721. The van der Waals surface area contributed by atoms with Crippen LogP contribution in [0.4, 0.5) is 15.0 Å². The number of benzene rings is 1. The Morgan fingerprint density at radius 1 is 1.34 bits per heavy atom. The molecule has 1 aromatic carbocycles. The van der Waals surface area contributed by atoms with Gasteiger partial charge in [0.05, 0.1) is 17.8 Å². The first-order valence-corrected chi connectivity index (χ1v) is 12.0. The zero-order chi connectivity index (χ0) is 26.0. The van der Waals surface area contributed by atoms with E-state index in [0.717, 1.165) is 24.5 Å². The summed E-state index contributed by atoms with van der Waals surface area (Å²) >= 11 is 0. The van der Waals surface area contributed by atoms with Crippen molar-refractivity contribution in [3.05, 3.63) is 46.9 Å². The van der Waals surface area contributed by atoms with E-state index in [1.54, 1.807) is 17.0 Å². The fourth-order valence-electron chi connectivity index (χ4n) is 3.93. The number of rotatable bonds is 6. The summed E-state index contributed by atoms with van der Waals surface area (Å²) in [6, 6.07) is 6.05. The molecule has 0 aliphatic carbocycles. The van der Waals surface area contributed by atoms with Crippen molar-refractivity contribution in [1.29, 1.82) is 0 Å². The molecule has 2 aliphatic heterocycles. The van der Waals surface area contributed by atoms with Crippen LogP contribution in [0, 0.1) is 5.82 Å². The molecule has 9 nitrogen and oxygen atoms in total. The van der Waals surface area contributed by atoms with Crippen molar-refractivity contribution in [2.45, 2.75) is 58.7 Å². The Morgan fingerprint density at radius 2 is 2.03 bits per heavy atom. The number of hydrogen-bond donors (Lipinski definition) is 2. The topological polar surface area (TPSA) is 99.8 Å².